The smallest absolute Gasteiger partial charge is 0.248 e. The SMILES string of the molecule is C(=Cc1cccc2ccccc12)c1ccc(-c2nnc(-c3ccc4ccccc4c3)o2)cc1. The molecule has 3 nitrogen and oxygen atoms in total. The zero-order chi connectivity index (χ0) is 22.0. The molecule has 0 amide bonds. The van der Waals surface area contributed by atoms with Crippen LogP contribution >= 0.6 is 0 Å². The van der Waals surface area contributed by atoms with Crippen LogP contribution in [0.3, 0.4) is 0 Å². The Hall–Kier alpha value is -4.50. The van der Waals surface area contributed by atoms with E-state index in [1.807, 2.05) is 30.3 Å². The molecule has 33 heavy (non-hydrogen) atoms. The molecule has 0 unspecified atom stereocenters. The highest BCUT2D eigenvalue weighted by molar-refractivity contribution is 5.93. The first-order valence-corrected chi connectivity index (χ1v) is 10.9. The van der Waals surface area contributed by atoms with Crippen LogP contribution in [0.5, 0.6) is 0 Å². The molecule has 0 radical (unpaired) electrons. The van der Waals surface area contributed by atoms with Gasteiger partial charge < -0.3 is 4.42 Å². The fraction of sp³-hybridized carbons (Fsp3) is 0. The normalized spacial score (nSPS) is 11.5. The van der Waals surface area contributed by atoms with Crippen LogP contribution in [-0.2, 0) is 0 Å². The van der Waals surface area contributed by atoms with Crippen molar-refractivity contribution in [1.29, 1.82) is 0 Å². The monoisotopic (exact) mass is 424 g/mol. The van der Waals surface area contributed by atoms with Crippen molar-refractivity contribution in [3.05, 3.63) is 120 Å². The summed E-state index contributed by atoms with van der Waals surface area (Å²) in [5, 5.41) is 13.4. The topological polar surface area (TPSA) is 38.9 Å². The standard InChI is InChI=1S/C30H20N2O/c1-2-8-26-20-27(19-18-22(26)6-1)30-32-31-29(33-30)25-16-13-21(14-17-25)12-15-24-10-5-9-23-7-3-4-11-28(23)24/h1-20H. The van der Waals surface area contributed by atoms with E-state index in [2.05, 4.69) is 101 Å². The molecule has 0 spiro atoms. The fourth-order valence-corrected chi connectivity index (χ4v) is 4.10. The van der Waals surface area contributed by atoms with Crippen molar-refractivity contribution in [3.63, 3.8) is 0 Å². The highest BCUT2D eigenvalue weighted by Gasteiger charge is 2.11. The van der Waals surface area contributed by atoms with Gasteiger partial charge in [-0.25, -0.2) is 0 Å². The van der Waals surface area contributed by atoms with E-state index in [0.717, 1.165) is 22.1 Å². The van der Waals surface area contributed by atoms with Gasteiger partial charge in [0, 0.05) is 11.1 Å². The lowest BCUT2D eigenvalue weighted by molar-refractivity contribution is 0.584. The van der Waals surface area contributed by atoms with Crippen LogP contribution in [-0.4, -0.2) is 10.2 Å². The van der Waals surface area contributed by atoms with Gasteiger partial charge in [0.15, 0.2) is 0 Å². The van der Waals surface area contributed by atoms with Crippen LogP contribution in [0.25, 0.3) is 56.6 Å². The summed E-state index contributed by atoms with van der Waals surface area (Å²) in [5.41, 5.74) is 4.13. The predicted octanol–water partition coefficient (Wildman–Crippen LogP) is 7.88. The zero-order valence-corrected chi connectivity index (χ0v) is 17.8. The minimum absolute atomic E-state index is 0.516. The lowest BCUT2D eigenvalue weighted by Gasteiger charge is -2.02. The second-order valence-corrected chi connectivity index (χ2v) is 8.00. The Morgan fingerprint density at radius 1 is 0.515 bits per heavy atom. The number of hydrogen-bond donors (Lipinski definition) is 0. The average Bonchev–Trinajstić information content (AvgIpc) is 3.38. The molecule has 0 N–H and O–H groups in total. The van der Waals surface area contributed by atoms with Gasteiger partial charge in [-0.3, -0.25) is 0 Å². The van der Waals surface area contributed by atoms with Gasteiger partial charge in [-0.15, -0.1) is 10.2 Å². The van der Waals surface area contributed by atoms with Gasteiger partial charge in [0.2, 0.25) is 11.8 Å². The number of rotatable bonds is 4. The molecular formula is C30H20N2O. The molecule has 3 heteroatoms. The molecule has 0 fully saturated rings. The van der Waals surface area contributed by atoms with Crippen LogP contribution in [0.4, 0.5) is 0 Å². The molecule has 6 aromatic rings. The number of fused-ring (bicyclic) bond motifs is 2. The van der Waals surface area contributed by atoms with Crippen LogP contribution in [0.1, 0.15) is 11.1 Å². The van der Waals surface area contributed by atoms with Crippen LogP contribution in [0.2, 0.25) is 0 Å². The first-order valence-electron chi connectivity index (χ1n) is 10.9. The third-order valence-corrected chi connectivity index (χ3v) is 5.86. The van der Waals surface area contributed by atoms with Crippen molar-refractivity contribution in [2.45, 2.75) is 0 Å². The van der Waals surface area contributed by atoms with E-state index in [-0.39, 0.29) is 0 Å². The first kappa shape index (κ1) is 19.2. The van der Waals surface area contributed by atoms with Gasteiger partial charge >= 0.3 is 0 Å². The van der Waals surface area contributed by atoms with Crippen molar-refractivity contribution in [2.24, 2.45) is 0 Å². The van der Waals surface area contributed by atoms with Gasteiger partial charge in [-0.1, -0.05) is 97.1 Å². The maximum atomic E-state index is 5.98. The summed E-state index contributed by atoms with van der Waals surface area (Å²) in [6.45, 7) is 0. The molecule has 6 rings (SSSR count). The van der Waals surface area contributed by atoms with Crippen LogP contribution in [0.15, 0.2) is 114 Å². The Labute approximate surface area is 191 Å². The molecular weight excluding hydrogens is 404 g/mol. The van der Waals surface area contributed by atoms with Crippen molar-refractivity contribution >= 4 is 33.7 Å². The summed E-state index contributed by atoms with van der Waals surface area (Å²) in [4.78, 5) is 0. The van der Waals surface area contributed by atoms with Crippen LogP contribution < -0.4 is 0 Å². The minimum atomic E-state index is 0.516. The van der Waals surface area contributed by atoms with E-state index in [0.29, 0.717) is 11.8 Å². The van der Waals surface area contributed by atoms with Crippen molar-refractivity contribution in [2.75, 3.05) is 0 Å². The summed E-state index contributed by atoms with van der Waals surface area (Å²) in [7, 11) is 0. The summed E-state index contributed by atoms with van der Waals surface area (Å²) < 4.78 is 5.98. The maximum Gasteiger partial charge on any atom is 0.248 e. The fourth-order valence-electron chi connectivity index (χ4n) is 4.10. The molecule has 0 atom stereocenters. The van der Waals surface area contributed by atoms with Crippen LogP contribution in [0, 0.1) is 0 Å². The molecule has 0 aliphatic carbocycles. The molecule has 1 aromatic heterocycles. The van der Waals surface area contributed by atoms with Gasteiger partial charge in [0.25, 0.3) is 0 Å². The number of aromatic nitrogens is 2. The first-order chi connectivity index (χ1) is 16.3. The Morgan fingerprint density at radius 2 is 1.18 bits per heavy atom. The molecule has 0 saturated carbocycles. The summed E-state index contributed by atoms with van der Waals surface area (Å²) >= 11 is 0. The zero-order valence-electron chi connectivity index (χ0n) is 17.8. The van der Waals surface area contributed by atoms with E-state index < -0.39 is 0 Å². The second-order valence-electron chi connectivity index (χ2n) is 8.00. The quantitative estimate of drug-likeness (QED) is 0.270. The maximum absolute atomic E-state index is 5.98. The van der Waals surface area contributed by atoms with Crippen molar-refractivity contribution < 1.29 is 4.42 Å². The Kier molecular flexibility index (Phi) is 4.78. The van der Waals surface area contributed by atoms with Crippen molar-refractivity contribution in [3.8, 4) is 22.9 Å². The third kappa shape index (κ3) is 3.81. The Morgan fingerprint density at radius 3 is 2.03 bits per heavy atom. The number of nitrogens with zero attached hydrogens (tertiary/aromatic N) is 2. The summed E-state index contributed by atoms with van der Waals surface area (Å²) in [6, 6.07) is 37.4. The highest BCUT2D eigenvalue weighted by atomic mass is 16.4. The summed E-state index contributed by atoms with van der Waals surface area (Å²) in [6.07, 6.45) is 4.28. The number of benzene rings is 5. The molecule has 5 aromatic carbocycles. The molecule has 1 heterocycles. The largest absolute Gasteiger partial charge is 0.416 e. The van der Waals surface area contributed by atoms with E-state index in [9.17, 15) is 0 Å². The molecule has 156 valence electrons. The Balaban J connectivity index is 1.24. The lowest BCUT2D eigenvalue weighted by Crippen LogP contribution is -1.80. The third-order valence-electron chi connectivity index (χ3n) is 5.86. The van der Waals surface area contributed by atoms with E-state index in [1.165, 1.54) is 21.7 Å². The lowest BCUT2D eigenvalue weighted by atomic mass is 10.0. The van der Waals surface area contributed by atoms with E-state index in [1.54, 1.807) is 0 Å². The molecule has 0 aliphatic rings. The predicted molar refractivity (Wildman–Crippen MR) is 136 cm³/mol. The minimum Gasteiger partial charge on any atom is -0.416 e. The van der Waals surface area contributed by atoms with Gasteiger partial charge in [-0.05, 0) is 56.9 Å². The highest BCUT2D eigenvalue weighted by Crippen LogP contribution is 2.27. The van der Waals surface area contributed by atoms with E-state index in [4.69, 9.17) is 4.42 Å². The second kappa shape index (κ2) is 8.21. The molecule has 0 saturated heterocycles. The van der Waals surface area contributed by atoms with E-state index >= 15 is 0 Å². The number of hydrogen-bond acceptors (Lipinski definition) is 3. The average molecular weight is 425 g/mol. The Bertz CT molecular complexity index is 1610. The van der Waals surface area contributed by atoms with Crippen molar-refractivity contribution in [1.82, 2.24) is 10.2 Å². The van der Waals surface area contributed by atoms with Gasteiger partial charge in [0.1, 0.15) is 0 Å². The summed E-state index contributed by atoms with van der Waals surface area (Å²) in [5.74, 6) is 1.04. The van der Waals surface area contributed by atoms with Gasteiger partial charge in [-0.2, -0.15) is 0 Å². The molecule has 0 bridgehead atoms. The van der Waals surface area contributed by atoms with Gasteiger partial charge in [0.05, 0.1) is 0 Å². The molecule has 0 aliphatic heterocycles.